The van der Waals surface area contributed by atoms with Gasteiger partial charge in [0, 0.05) is 44.0 Å². The van der Waals surface area contributed by atoms with Crippen molar-refractivity contribution >= 4 is 34.7 Å². The van der Waals surface area contributed by atoms with Crippen LogP contribution in [0.3, 0.4) is 0 Å². The Hall–Kier alpha value is -3.01. The molecule has 3 heterocycles. The van der Waals surface area contributed by atoms with Crippen molar-refractivity contribution in [3.63, 3.8) is 0 Å². The first-order chi connectivity index (χ1) is 13.4. The molecule has 0 radical (unpaired) electrons. The zero-order valence-corrected chi connectivity index (χ0v) is 16.2. The second-order valence-corrected chi connectivity index (χ2v) is 7.45. The Labute approximate surface area is 166 Å². The number of pyridine rings is 1. The normalized spacial score (nSPS) is 15.2. The van der Waals surface area contributed by atoms with Gasteiger partial charge in [-0.1, -0.05) is 6.07 Å². The van der Waals surface area contributed by atoms with Crippen LogP contribution < -0.4 is 10.2 Å². The first kappa shape index (κ1) is 19.7. The fraction of sp³-hybridized carbons (Fsp3) is 0.389. The third-order valence-electron chi connectivity index (χ3n) is 4.54. The van der Waals surface area contributed by atoms with Crippen molar-refractivity contribution in [2.24, 2.45) is 0 Å². The number of rotatable bonds is 6. The maximum Gasteiger partial charge on any atom is 0.287 e. The van der Waals surface area contributed by atoms with Gasteiger partial charge in [-0.2, -0.15) is 0 Å². The minimum absolute atomic E-state index is 0.0107. The third-order valence-corrected chi connectivity index (χ3v) is 5.53. The van der Waals surface area contributed by atoms with Crippen molar-refractivity contribution < 1.29 is 14.5 Å². The van der Waals surface area contributed by atoms with E-state index in [1.165, 1.54) is 30.5 Å². The highest BCUT2D eigenvalue weighted by Crippen LogP contribution is 2.24. The molecule has 1 fully saturated rings. The number of carbonyl (C=O) groups excluding carboxylic acids is 2. The van der Waals surface area contributed by atoms with Crippen LogP contribution in [0, 0.1) is 10.1 Å². The van der Waals surface area contributed by atoms with Crippen LogP contribution in [0.5, 0.6) is 0 Å². The zero-order valence-electron chi connectivity index (χ0n) is 15.4. The number of nitrogens with one attached hydrogen (secondary N) is 1. The monoisotopic (exact) mass is 403 g/mol. The van der Waals surface area contributed by atoms with Gasteiger partial charge in [-0.15, -0.1) is 11.3 Å². The van der Waals surface area contributed by atoms with Crippen LogP contribution in [0.4, 0.5) is 11.5 Å². The molecule has 3 rings (SSSR count). The molecule has 148 valence electrons. The summed E-state index contributed by atoms with van der Waals surface area (Å²) in [6.07, 6.45) is 1.46. The van der Waals surface area contributed by atoms with Crippen molar-refractivity contribution in [2.45, 2.75) is 19.4 Å². The van der Waals surface area contributed by atoms with Crippen LogP contribution in [0.15, 0.2) is 35.8 Å². The number of hydrogen-bond donors (Lipinski definition) is 1. The lowest BCUT2D eigenvalue weighted by molar-refractivity contribution is -0.385. The number of nitro groups is 1. The van der Waals surface area contributed by atoms with Gasteiger partial charge >= 0.3 is 0 Å². The van der Waals surface area contributed by atoms with Crippen LogP contribution in [0.1, 0.15) is 24.3 Å². The minimum Gasteiger partial charge on any atom is -0.353 e. The van der Waals surface area contributed by atoms with Gasteiger partial charge < -0.3 is 15.1 Å². The molecule has 10 heteroatoms. The highest BCUT2D eigenvalue weighted by atomic mass is 32.1. The molecule has 2 amide bonds. The van der Waals surface area contributed by atoms with E-state index in [-0.39, 0.29) is 30.0 Å². The molecule has 0 saturated carbocycles. The van der Waals surface area contributed by atoms with Crippen molar-refractivity contribution in [3.05, 3.63) is 50.8 Å². The summed E-state index contributed by atoms with van der Waals surface area (Å²) in [6, 6.07) is 6.55. The maximum atomic E-state index is 12.7. The lowest BCUT2D eigenvalue weighted by Crippen LogP contribution is -2.49. The number of amides is 2. The molecule has 1 N–H and O–H groups in total. The fourth-order valence-electron chi connectivity index (χ4n) is 3.12. The molecule has 28 heavy (non-hydrogen) atoms. The maximum absolute atomic E-state index is 12.7. The fourth-order valence-corrected chi connectivity index (χ4v) is 3.90. The van der Waals surface area contributed by atoms with Crippen molar-refractivity contribution in [1.29, 1.82) is 0 Å². The van der Waals surface area contributed by atoms with Crippen molar-refractivity contribution in [2.75, 3.05) is 31.1 Å². The van der Waals surface area contributed by atoms with Gasteiger partial charge in [0.1, 0.15) is 12.0 Å². The second kappa shape index (κ2) is 8.79. The molecule has 1 atom stereocenters. The Morgan fingerprint density at radius 2 is 2.04 bits per heavy atom. The molecule has 0 bridgehead atoms. The SMILES string of the molecule is CC(=O)NC(CC(=O)N1CCN(c2ccc([N+](=O)[O-])cn2)CC1)c1cccs1. The number of aromatic nitrogens is 1. The summed E-state index contributed by atoms with van der Waals surface area (Å²) >= 11 is 1.51. The van der Waals surface area contributed by atoms with Crippen LogP contribution in [0.2, 0.25) is 0 Å². The summed E-state index contributed by atoms with van der Waals surface area (Å²) in [6.45, 7) is 3.71. The number of anilines is 1. The van der Waals surface area contributed by atoms with E-state index in [2.05, 4.69) is 10.3 Å². The molecule has 0 aromatic carbocycles. The molecular formula is C18H21N5O4S. The van der Waals surface area contributed by atoms with E-state index >= 15 is 0 Å². The molecule has 1 aliphatic heterocycles. The molecule has 1 saturated heterocycles. The second-order valence-electron chi connectivity index (χ2n) is 6.47. The highest BCUT2D eigenvalue weighted by molar-refractivity contribution is 7.10. The Morgan fingerprint density at radius 3 is 2.57 bits per heavy atom. The first-order valence-electron chi connectivity index (χ1n) is 8.87. The first-order valence-corrected chi connectivity index (χ1v) is 9.75. The van der Waals surface area contributed by atoms with Gasteiger partial charge in [-0.05, 0) is 17.5 Å². The molecule has 2 aromatic rings. The summed E-state index contributed by atoms with van der Waals surface area (Å²) in [4.78, 5) is 43.3. The smallest absolute Gasteiger partial charge is 0.287 e. The Morgan fingerprint density at radius 1 is 1.29 bits per heavy atom. The van der Waals surface area contributed by atoms with Gasteiger partial charge in [0.05, 0.1) is 17.4 Å². The van der Waals surface area contributed by atoms with E-state index in [0.717, 1.165) is 4.88 Å². The predicted octanol–water partition coefficient (Wildman–Crippen LogP) is 1.97. The quantitative estimate of drug-likeness (QED) is 0.583. The van der Waals surface area contributed by atoms with Crippen LogP contribution in [-0.4, -0.2) is 52.8 Å². The lowest BCUT2D eigenvalue weighted by Gasteiger charge is -2.36. The third kappa shape index (κ3) is 4.83. The summed E-state index contributed by atoms with van der Waals surface area (Å²) in [5, 5.41) is 15.5. The molecule has 2 aromatic heterocycles. The number of thiophene rings is 1. The number of piperazine rings is 1. The Balaban J connectivity index is 1.57. The predicted molar refractivity (Wildman–Crippen MR) is 105 cm³/mol. The summed E-state index contributed by atoms with van der Waals surface area (Å²) in [7, 11) is 0. The molecule has 1 aliphatic rings. The largest absolute Gasteiger partial charge is 0.353 e. The standard InChI is InChI=1S/C18H21N5O4S/c1-13(24)20-15(16-3-2-10-28-16)11-18(25)22-8-6-21(7-9-22)17-5-4-14(12-19-17)23(26)27/h2-5,10,12,15H,6-9,11H2,1H3,(H,20,24). The summed E-state index contributed by atoms with van der Waals surface area (Å²) in [5.74, 6) is 0.483. The van der Waals surface area contributed by atoms with Crippen molar-refractivity contribution in [3.8, 4) is 0 Å². The van der Waals surface area contributed by atoms with Gasteiger partial charge in [0.15, 0.2) is 0 Å². The molecule has 0 spiro atoms. The summed E-state index contributed by atoms with van der Waals surface area (Å²) < 4.78 is 0. The summed E-state index contributed by atoms with van der Waals surface area (Å²) in [5.41, 5.74) is -0.0462. The van der Waals surface area contributed by atoms with E-state index in [4.69, 9.17) is 0 Å². The van der Waals surface area contributed by atoms with Crippen LogP contribution >= 0.6 is 11.3 Å². The number of carbonyl (C=O) groups is 2. The van der Waals surface area contributed by atoms with Gasteiger partial charge in [0.25, 0.3) is 5.69 Å². The number of hydrogen-bond acceptors (Lipinski definition) is 7. The van der Waals surface area contributed by atoms with E-state index < -0.39 is 4.92 Å². The zero-order chi connectivity index (χ0) is 20.1. The Kier molecular flexibility index (Phi) is 6.19. The molecular weight excluding hydrogens is 382 g/mol. The topological polar surface area (TPSA) is 109 Å². The minimum atomic E-state index is -0.480. The van der Waals surface area contributed by atoms with Gasteiger partial charge in [-0.3, -0.25) is 19.7 Å². The number of nitrogens with zero attached hydrogens (tertiary/aromatic N) is 4. The van der Waals surface area contributed by atoms with E-state index in [1.54, 1.807) is 11.0 Å². The highest BCUT2D eigenvalue weighted by Gasteiger charge is 2.26. The van der Waals surface area contributed by atoms with Crippen LogP contribution in [0.25, 0.3) is 0 Å². The van der Waals surface area contributed by atoms with E-state index in [1.807, 2.05) is 22.4 Å². The average molecular weight is 403 g/mol. The lowest BCUT2D eigenvalue weighted by atomic mass is 10.1. The van der Waals surface area contributed by atoms with Crippen molar-refractivity contribution in [1.82, 2.24) is 15.2 Å². The van der Waals surface area contributed by atoms with Gasteiger partial charge in [-0.25, -0.2) is 4.98 Å². The van der Waals surface area contributed by atoms with E-state index in [0.29, 0.717) is 32.0 Å². The molecule has 9 nitrogen and oxygen atoms in total. The van der Waals surface area contributed by atoms with Crippen LogP contribution in [-0.2, 0) is 9.59 Å². The molecule has 1 unspecified atom stereocenters. The Bertz CT molecular complexity index is 832. The molecule has 0 aliphatic carbocycles. The average Bonchev–Trinajstić information content (AvgIpc) is 3.22. The van der Waals surface area contributed by atoms with Gasteiger partial charge in [0.2, 0.25) is 11.8 Å². The van der Waals surface area contributed by atoms with E-state index in [9.17, 15) is 19.7 Å².